The van der Waals surface area contributed by atoms with Gasteiger partial charge in [0.25, 0.3) is 0 Å². The second-order valence-corrected chi connectivity index (χ2v) is 19.3. The van der Waals surface area contributed by atoms with Crippen LogP contribution in [0.4, 0.5) is 5.82 Å². The van der Waals surface area contributed by atoms with Gasteiger partial charge in [-0.05, 0) is 60.8 Å². The van der Waals surface area contributed by atoms with Crippen molar-refractivity contribution >= 4 is 25.3 Å². The van der Waals surface area contributed by atoms with E-state index in [-0.39, 0.29) is 5.04 Å². The molecule has 0 spiro atoms. The zero-order valence-electron chi connectivity index (χ0n) is 29.5. The summed E-state index contributed by atoms with van der Waals surface area (Å²) in [5.74, 6) is 1.25. The minimum absolute atomic E-state index is 0.140. The maximum Gasteiger partial charge on any atom is 0.193 e. The molecule has 10 nitrogen and oxygen atoms in total. The van der Waals surface area contributed by atoms with Crippen molar-refractivity contribution in [3.8, 4) is 5.75 Å². The Labute approximate surface area is 289 Å². The van der Waals surface area contributed by atoms with E-state index >= 15 is 0 Å². The van der Waals surface area contributed by atoms with Gasteiger partial charge in [0, 0.05) is 0 Å². The average Bonchev–Trinajstić information content (AvgIpc) is 3.62. The molecule has 1 saturated heterocycles. The van der Waals surface area contributed by atoms with Gasteiger partial charge in [-0.1, -0.05) is 93.6 Å². The topological polar surface area (TPSA) is 124 Å². The molecule has 0 unspecified atom stereocenters. The van der Waals surface area contributed by atoms with Crippen molar-refractivity contribution in [2.75, 3.05) is 12.4 Å². The van der Waals surface area contributed by atoms with Gasteiger partial charge in [0.1, 0.15) is 35.4 Å². The largest absolute Gasteiger partial charge is 0.497 e. The summed E-state index contributed by atoms with van der Waals surface area (Å²) in [6.45, 7) is 14.2. The molecule has 0 amide bonds. The number of nitrogens with one attached hydrogen (secondary N) is 1. The van der Waals surface area contributed by atoms with Crippen molar-refractivity contribution < 1.29 is 24.1 Å². The lowest BCUT2D eigenvalue weighted by Crippen LogP contribution is -2.56. The Balaban J connectivity index is 1.52. The van der Waals surface area contributed by atoms with Crippen LogP contribution < -0.4 is 10.1 Å². The predicted octanol–water partition coefficient (Wildman–Crippen LogP) is 6.66. The Kier molecular flexibility index (Phi) is 9.18. The number of methoxy groups -OCH3 is 1. The number of imidazole rings is 1. The monoisotopic (exact) mass is 681 g/mol. The molecule has 2 aromatic heterocycles. The minimum atomic E-state index is -2.44. The lowest BCUT2D eigenvalue weighted by molar-refractivity contribution is -0.0922. The van der Waals surface area contributed by atoms with Crippen LogP contribution in [0.5, 0.6) is 5.75 Å². The number of benzene rings is 3. The Hall–Kier alpha value is -4.13. The van der Waals surface area contributed by atoms with Crippen LogP contribution in [-0.4, -0.2) is 69.1 Å². The van der Waals surface area contributed by atoms with Crippen LogP contribution in [0, 0.1) is 0 Å². The van der Waals surface area contributed by atoms with Crippen LogP contribution in [0.2, 0.25) is 18.1 Å². The summed E-state index contributed by atoms with van der Waals surface area (Å²) in [5.41, 5.74) is 1.87. The minimum Gasteiger partial charge on any atom is -0.497 e. The molecule has 1 aliphatic rings. The Morgan fingerprint density at radius 2 is 1.47 bits per heavy atom. The van der Waals surface area contributed by atoms with Gasteiger partial charge in [-0.25, -0.2) is 15.0 Å². The van der Waals surface area contributed by atoms with E-state index in [1.807, 2.05) is 55.5 Å². The van der Waals surface area contributed by atoms with E-state index in [2.05, 4.69) is 80.6 Å². The molecule has 0 aliphatic carbocycles. The molecule has 11 heteroatoms. The maximum atomic E-state index is 11.7. The molecule has 1 fully saturated rings. The van der Waals surface area contributed by atoms with Crippen molar-refractivity contribution in [2.24, 2.45) is 0 Å². The fraction of sp³-hybridized carbons (Fsp3) is 0.395. The Morgan fingerprint density at radius 1 is 0.898 bits per heavy atom. The number of aromatic nitrogens is 4. The van der Waals surface area contributed by atoms with Gasteiger partial charge in [0.05, 0.1) is 19.5 Å². The molecule has 5 atom stereocenters. The zero-order valence-corrected chi connectivity index (χ0v) is 30.5. The van der Waals surface area contributed by atoms with Gasteiger partial charge in [0.2, 0.25) is 0 Å². The van der Waals surface area contributed by atoms with Gasteiger partial charge < -0.3 is 29.4 Å². The third-order valence-electron chi connectivity index (χ3n) is 10.3. The Morgan fingerprint density at radius 3 is 2.00 bits per heavy atom. The number of aliphatic hydroxyl groups is 2. The normalized spacial score (nSPS) is 22.3. The first kappa shape index (κ1) is 34.7. The average molecular weight is 682 g/mol. The van der Waals surface area contributed by atoms with Crippen molar-refractivity contribution in [1.29, 1.82) is 0 Å². The molecule has 0 saturated carbocycles. The van der Waals surface area contributed by atoms with E-state index in [4.69, 9.17) is 23.9 Å². The molecule has 3 N–H and O–H groups in total. The molecule has 1 aliphatic heterocycles. The first-order chi connectivity index (χ1) is 23.2. The van der Waals surface area contributed by atoms with Crippen LogP contribution in [0.3, 0.4) is 0 Å². The zero-order chi connectivity index (χ0) is 35.2. The first-order valence-corrected chi connectivity index (χ1v) is 19.6. The number of hydrogen-bond donors (Lipinski definition) is 3. The molecule has 258 valence electrons. The molecule has 3 aromatic carbocycles. The molecule has 6 rings (SSSR count). The third-order valence-corrected chi connectivity index (χ3v) is 14.8. The van der Waals surface area contributed by atoms with Crippen LogP contribution >= 0.6 is 0 Å². The second-order valence-electron chi connectivity index (χ2n) is 14.6. The summed E-state index contributed by atoms with van der Waals surface area (Å²) < 4.78 is 20.7. The van der Waals surface area contributed by atoms with Gasteiger partial charge in [-0.15, -0.1) is 0 Å². The van der Waals surface area contributed by atoms with Crippen molar-refractivity contribution in [3.63, 3.8) is 0 Å². The van der Waals surface area contributed by atoms with Gasteiger partial charge >= 0.3 is 0 Å². The van der Waals surface area contributed by atoms with E-state index in [0.717, 1.165) is 22.4 Å². The summed E-state index contributed by atoms with van der Waals surface area (Å²) in [6.07, 6.45) is -0.608. The van der Waals surface area contributed by atoms with Gasteiger partial charge in [-0.2, -0.15) is 0 Å². The van der Waals surface area contributed by atoms with Crippen molar-refractivity contribution in [1.82, 2.24) is 19.5 Å². The van der Waals surface area contributed by atoms with E-state index in [0.29, 0.717) is 17.0 Å². The number of rotatable bonds is 10. The highest BCUT2D eigenvalue weighted by molar-refractivity contribution is 6.74. The van der Waals surface area contributed by atoms with E-state index < -0.39 is 44.0 Å². The molecule has 3 heterocycles. The van der Waals surface area contributed by atoms with Crippen LogP contribution in [0.15, 0.2) is 97.6 Å². The fourth-order valence-corrected chi connectivity index (χ4v) is 8.22. The van der Waals surface area contributed by atoms with Crippen LogP contribution in [0.1, 0.15) is 57.5 Å². The van der Waals surface area contributed by atoms with E-state index in [9.17, 15) is 10.2 Å². The van der Waals surface area contributed by atoms with Gasteiger partial charge in [-0.3, -0.25) is 4.57 Å². The molecular formula is C38H47N5O5Si. The summed E-state index contributed by atoms with van der Waals surface area (Å²) in [5, 5.41) is 26.0. The number of aliphatic hydroxyl groups excluding tert-OH is 2. The van der Waals surface area contributed by atoms with Crippen LogP contribution in [-0.2, 0) is 14.7 Å². The maximum absolute atomic E-state index is 11.7. The van der Waals surface area contributed by atoms with Gasteiger partial charge in [0.15, 0.2) is 31.5 Å². The summed E-state index contributed by atoms with van der Waals surface area (Å²) in [7, 11) is -0.787. The molecule has 0 bridgehead atoms. The summed E-state index contributed by atoms with van der Waals surface area (Å²) in [4.78, 5) is 14.3. The van der Waals surface area contributed by atoms with E-state index in [1.54, 1.807) is 24.9 Å². The number of fused-ring (bicyclic) bond motifs is 1. The molecule has 0 radical (unpaired) electrons. The molecule has 49 heavy (non-hydrogen) atoms. The highest BCUT2D eigenvalue weighted by Crippen LogP contribution is 2.49. The quantitative estimate of drug-likeness (QED) is 0.110. The summed E-state index contributed by atoms with van der Waals surface area (Å²) in [6, 6.07) is 28.5. The highest BCUT2D eigenvalue weighted by Gasteiger charge is 2.59. The second kappa shape index (κ2) is 13.0. The number of hydrogen-bond acceptors (Lipinski definition) is 9. The smallest absolute Gasteiger partial charge is 0.193 e. The SMILES string of the molecule is COc1ccc(C(Nc2ncnc3c2ncn3[C@@H]2O[C@H]([C@H](C)O)[C@@H](O)[C@@]2(C)O[Si](C)(C)C(C)(C)C)(c2ccccc2)c2ccccc2)cc1. The molecular weight excluding hydrogens is 635 g/mol. The first-order valence-electron chi connectivity index (χ1n) is 16.7. The standard InChI is InChI=1S/C38H47N5O5Si/c1-25(44)31-32(45)37(5,48-49(7,8)36(2,3)4)35(47-31)43-24-41-30-33(39-23-40-34(30)43)42-38(26-15-11-9-12-16-26,27-17-13-10-14-18-27)28-19-21-29(46-6)22-20-28/h9-25,31-32,35,44-45H,1-8H3,(H,39,40,42)/t25-,31+,32+,35+,37+/m0/s1. The highest BCUT2D eigenvalue weighted by atomic mass is 28.4. The van der Waals surface area contributed by atoms with Crippen LogP contribution in [0.25, 0.3) is 11.2 Å². The fourth-order valence-electron chi connectivity index (χ4n) is 6.59. The van der Waals surface area contributed by atoms with Crippen molar-refractivity contribution in [2.45, 2.75) is 88.4 Å². The molecule has 5 aromatic rings. The van der Waals surface area contributed by atoms with Crippen molar-refractivity contribution in [3.05, 3.63) is 114 Å². The third kappa shape index (κ3) is 6.04. The number of anilines is 1. The summed E-state index contributed by atoms with van der Waals surface area (Å²) >= 11 is 0. The predicted molar refractivity (Wildman–Crippen MR) is 193 cm³/mol. The Bertz CT molecular complexity index is 1840. The number of nitrogens with zero attached hydrogens (tertiary/aromatic N) is 4. The lowest BCUT2D eigenvalue weighted by Gasteiger charge is -2.45. The van der Waals surface area contributed by atoms with E-state index in [1.165, 1.54) is 6.33 Å². The lowest BCUT2D eigenvalue weighted by atomic mass is 9.77. The number of ether oxygens (including phenoxy) is 2.